The molecule has 140 valence electrons. The Labute approximate surface area is 161 Å². The third-order valence-corrected chi connectivity index (χ3v) is 5.79. The lowest BCUT2D eigenvalue weighted by atomic mass is 9.78. The van der Waals surface area contributed by atoms with Crippen molar-refractivity contribution in [2.24, 2.45) is 0 Å². The highest BCUT2D eigenvalue weighted by molar-refractivity contribution is 6.62. The van der Waals surface area contributed by atoms with Crippen LogP contribution in [0.2, 0.25) is 0 Å². The minimum Gasteiger partial charge on any atom is -0.399 e. The molecule has 6 heteroatoms. The van der Waals surface area contributed by atoms with E-state index in [1.807, 2.05) is 58.0 Å². The maximum Gasteiger partial charge on any atom is 0.494 e. The Bertz CT molecular complexity index is 861. The molecule has 0 atom stereocenters. The Morgan fingerprint density at radius 1 is 1.11 bits per heavy atom. The van der Waals surface area contributed by atoms with E-state index in [2.05, 4.69) is 11.4 Å². The summed E-state index contributed by atoms with van der Waals surface area (Å²) in [6.07, 6.45) is 3.79. The van der Waals surface area contributed by atoms with Crippen molar-refractivity contribution in [2.45, 2.75) is 57.7 Å². The van der Waals surface area contributed by atoms with Gasteiger partial charge in [0.15, 0.2) is 0 Å². The maximum atomic E-state index is 7.73. The van der Waals surface area contributed by atoms with E-state index in [1.165, 1.54) is 19.1 Å². The zero-order chi connectivity index (χ0) is 19.2. The van der Waals surface area contributed by atoms with E-state index in [4.69, 9.17) is 19.7 Å². The average molecular weight is 363 g/mol. The molecule has 1 saturated heterocycles. The van der Waals surface area contributed by atoms with Crippen LogP contribution in [0.25, 0.3) is 0 Å². The molecule has 1 aromatic carbocycles. The number of pyridine rings is 1. The third kappa shape index (κ3) is 3.51. The van der Waals surface area contributed by atoms with Crippen LogP contribution in [0.15, 0.2) is 36.4 Å². The predicted octanol–water partition coefficient (Wildman–Crippen LogP) is 4.00. The summed E-state index contributed by atoms with van der Waals surface area (Å²) in [7, 11) is -0.430. The summed E-state index contributed by atoms with van der Waals surface area (Å²) < 4.78 is 12.3. The maximum absolute atomic E-state index is 7.73. The summed E-state index contributed by atoms with van der Waals surface area (Å²) in [5, 5.41) is 11.1. The fourth-order valence-electron chi connectivity index (χ4n) is 3.20. The highest BCUT2D eigenvalue weighted by Gasteiger charge is 2.51. The lowest BCUT2D eigenvalue weighted by Gasteiger charge is -2.32. The summed E-state index contributed by atoms with van der Waals surface area (Å²) in [4.78, 5) is 4.73. The molecule has 4 rings (SSSR count). The van der Waals surface area contributed by atoms with E-state index >= 15 is 0 Å². The summed E-state index contributed by atoms with van der Waals surface area (Å²) in [6, 6.07) is 11.9. The number of aromatic nitrogens is 1. The van der Waals surface area contributed by atoms with E-state index < -0.39 is 7.12 Å². The average Bonchev–Trinajstić information content (AvgIpc) is 3.43. The second-order valence-electron chi connectivity index (χ2n) is 8.43. The first-order valence-corrected chi connectivity index (χ1v) is 9.53. The van der Waals surface area contributed by atoms with Crippen molar-refractivity contribution in [3.63, 3.8) is 0 Å². The normalized spacial score (nSPS) is 20.5. The molecular weight excluding hydrogens is 337 g/mol. The first-order valence-electron chi connectivity index (χ1n) is 9.53. The van der Waals surface area contributed by atoms with Gasteiger partial charge in [-0.3, -0.25) is 0 Å². The number of hydrogen-bond donors (Lipinski definition) is 2. The smallest absolute Gasteiger partial charge is 0.399 e. The van der Waals surface area contributed by atoms with Gasteiger partial charge in [0, 0.05) is 29.1 Å². The number of benzene rings is 1. The van der Waals surface area contributed by atoms with Crippen LogP contribution < -0.4 is 10.8 Å². The summed E-state index contributed by atoms with van der Waals surface area (Å²) in [5.41, 5.74) is 2.93. The van der Waals surface area contributed by atoms with Crippen LogP contribution in [-0.4, -0.2) is 29.5 Å². The molecule has 2 aliphatic rings. The number of rotatable bonds is 5. The van der Waals surface area contributed by atoms with E-state index in [-0.39, 0.29) is 11.2 Å². The van der Waals surface area contributed by atoms with Crippen molar-refractivity contribution in [1.29, 1.82) is 5.41 Å². The Hall–Kier alpha value is -2.18. The van der Waals surface area contributed by atoms with E-state index in [1.54, 1.807) is 0 Å². The molecule has 0 unspecified atom stereocenters. The minimum absolute atomic E-state index is 0.383. The molecule has 27 heavy (non-hydrogen) atoms. The van der Waals surface area contributed by atoms with Crippen molar-refractivity contribution < 1.29 is 9.31 Å². The molecular formula is C21H26BN3O2. The number of hydrogen-bond acceptors (Lipinski definition) is 5. The Morgan fingerprint density at radius 2 is 1.81 bits per heavy atom. The molecule has 2 N–H and O–H groups in total. The first kappa shape index (κ1) is 18.2. The van der Waals surface area contributed by atoms with Gasteiger partial charge in [-0.1, -0.05) is 18.2 Å². The van der Waals surface area contributed by atoms with Gasteiger partial charge >= 0.3 is 7.12 Å². The Kier molecular flexibility index (Phi) is 4.36. The first-order chi connectivity index (χ1) is 12.8. The molecule has 1 aliphatic carbocycles. The Balaban J connectivity index is 1.62. The van der Waals surface area contributed by atoms with Gasteiger partial charge in [-0.05, 0) is 64.2 Å². The molecule has 1 aromatic heterocycles. The quantitative estimate of drug-likeness (QED) is 0.623. The summed E-state index contributed by atoms with van der Waals surface area (Å²) >= 11 is 0. The van der Waals surface area contributed by atoms with E-state index in [0.29, 0.717) is 5.92 Å². The molecule has 0 spiro atoms. The molecule has 2 aromatic rings. The van der Waals surface area contributed by atoms with Crippen LogP contribution in [0.5, 0.6) is 0 Å². The molecule has 0 radical (unpaired) electrons. The predicted molar refractivity (Wildman–Crippen MR) is 110 cm³/mol. The van der Waals surface area contributed by atoms with Gasteiger partial charge in [0.1, 0.15) is 5.82 Å². The lowest BCUT2D eigenvalue weighted by Crippen LogP contribution is -2.41. The van der Waals surface area contributed by atoms with Crippen molar-refractivity contribution >= 4 is 30.3 Å². The van der Waals surface area contributed by atoms with Gasteiger partial charge < -0.3 is 20.0 Å². The standard InChI is InChI=1S/C21H26BN3O2/c1-20(2)21(3,4)27-22(26-20)16-11-10-15(13-23)18(12-16)25-19-7-5-6-17(24-19)14-8-9-14/h5-7,10-14,23H,8-9H2,1-4H3,(H,24,25). The van der Waals surface area contributed by atoms with Crippen molar-refractivity contribution in [2.75, 3.05) is 5.32 Å². The number of nitrogens with one attached hydrogen (secondary N) is 2. The SMILES string of the molecule is CC1(C)OB(c2ccc(C=N)c(Nc3cccc(C4CC4)n3)c2)OC1(C)C. The van der Waals surface area contributed by atoms with Crippen molar-refractivity contribution in [3.8, 4) is 0 Å². The van der Waals surface area contributed by atoms with Crippen LogP contribution in [0.4, 0.5) is 11.5 Å². The number of nitrogens with zero attached hydrogens (tertiary/aromatic N) is 1. The Morgan fingerprint density at radius 3 is 2.44 bits per heavy atom. The van der Waals surface area contributed by atoms with Gasteiger partial charge in [-0.15, -0.1) is 0 Å². The third-order valence-electron chi connectivity index (χ3n) is 5.79. The van der Waals surface area contributed by atoms with Gasteiger partial charge in [0.05, 0.1) is 11.2 Å². The lowest BCUT2D eigenvalue weighted by molar-refractivity contribution is 0.00578. The van der Waals surface area contributed by atoms with Crippen LogP contribution >= 0.6 is 0 Å². The van der Waals surface area contributed by atoms with Gasteiger partial charge in [0.2, 0.25) is 0 Å². The van der Waals surface area contributed by atoms with Gasteiger partial charge in [0.25, 0.3) is 0 Å². The van der Waals surface area contributed by atoms with Crippen LogP contribution in [0.3, 0.4) is 0 Å². The molecule has 0 bridgehead atoms. The molecule has 2 fully saturated rings. The number of anilines is 2. The molecule has 5 nitrogen and oxygen atoms in total. The summed E-state index contributed by atoms with van der Waals surface area (Å²) in [5.74, 6) is 1.40. The zero-order valence-corrected chi connectivity index (χ0v) is 16.4. The monoisotopic (exact) mass is 363 g/mol. The van der Waals surface area contributed by atoms with Gasteiger partial charge in [-0.2, -0.15) is 0 Å². The van der Waals surface area contributed by atoms with Crippen LogP contribution in [-0.2, 0) is 9.31 Å². The minimum atomic E-state index is -0.430. The van der Waals surface area contributed by atoms with Crippen LogP contribution in [0.1, 0.15) is 57.7 Å². The highest BCUT2D eigenvalue weighted by atomic mass is 16.7. The van der Waals surface area contributed by atoms with E-state index in [0.717, 1.165) is 28.2 Å². The second-order valence-corrected chi connectivity index (χ2v) is 8.43. The largest absolute Gasteiger partial charge is 0.494 e. The van der Waals surface area contributed by atoms with E-state index in [9.17, 15) is 0 Å². The van der Waals surface area contributed by atoms with Crippen molar-refractivity contribution in [3.05, 3.63) is 47.7 Å². The molecule has 0 amide bonds. The second kappa shape index (κ2) is 6.46. The topological polar surface area (TPSA) is 67.2 Å². The molecule has 1 saturated carbocycles. The molecule has 1 aliphatic heterocycles. The fraction of sp³-hybridized carbons (Fsp3) is 0.429. The molecule has 2 heterocycles. The van der Waals surface area contributed by atoms with Gasteiger partial charge in [-0.25, -0.2) is 4.98 Å². The van der Waals surface area contributed by atoms with Crippen molar-refractivity contribution in [1.82, 2.24) is 4.98 Å². The van der Waals surface area contributed by atoms with Crippen LogP contribution in [0, 0.1) is 5.41 Å². The fourth-order valence-corrected chi connectivity index (χ4v) is 3.20. The highest BCUT2D eigenvalue weighted by Crippen LogP contribution is 2.39. The zero-order valence-electron chi connectivity index (χ0n) is 16.4. The summed E-state index contributed by atoms with van der Waals surface area (Å²) in [6.45, 7) is 8.19.